The van der Waals surface area contributed by atoms with Crippen molar-refractivity contribution < 1.29 is 4.92 Å². The van der Waals surface area contributed by atoms with E-state index in [1.807, 2.05) is 31.2 Å². The van der Waals surface area contributed by atoms with Crippen molar-refractivity contribution in [3.63, 3.8) is 0 Å². The molecule has 0 aliphatic rings. The SMILES string of the molecule is Cc1ccc([N+](=O)[O-])cc1-n1nnnc1-c1ccc(CN)cc1. The van der Waals surface area contributed by atoms with Crippen molar-refractivity contribution in [2.24, 2.45) is 5.73 Å². The fourth-order valence-corrected chi connectivity index (χ4v) is 2.26. The number of hydrogen-bond acceptors (Lipinski definition) is 6. The Morgan fingerprint density at radius 3 is 2.61 bits per heavy atom. The van der Waals surface area contributed by atoms with Gasteiger partial charge in [0.15, 0.2) is 5.82 Å². The molecule has 8 heteroatoms. The molecule has 2 aromatic carbocycles. The van der Waals surface area contributed by atoms with Crippen LogP contribution in [-0.2, 0) is 6.54 Å². The number of nitro benzene ring substituents is 1. The van der Waals surface area contributed by atoms with Gasteiger partial charge in [-0.15, -0.1) is 5.10 Å². The van der Waals surface area contributed by atoms with Gasteiger partial charge in [-0.3, -0.25) is 10.1 Å². The van der Waals surface area contributed by atoms with Crippen LogP contribution in [0.5, 0.6) is 0 Å². The summed E-state index contributed by atoms with van der Waals surface area (Å²) in [7, 11) is 0. The van der Waals surface area contributed by atoms with Crippen LogP contribution in [0.15, 0.2) is 42.5 Å². The fraction of sp³-hybridized carbons (Fsp3) is 0.133. The lowest BCUT2D eigenvalue weighted by atomic mass is 10.1. The number of nitrogens with zero attached hydrogens (tertiary/aromatic N) is 5. The number of nitrogens with two attached hydrogens (primary N) is 1. The van der Waals surface area contributed by atoms with Crippen molar-refractivity contribution >= 4 is 5.69 Å². The molecule has 0 saturated heterocycles. The molecule has 1 heterocycles. The molecule has 3 aromatic rings. The van der Waals surface area contributed by atoms with Gasteiger partial charge in [-0.1, -0.05) is 30.3 Å². The molecule has 0 spiro atoms. The highest BCUT2D eigenvalue weighted by molar-refractivity contribution is 5.60. The first kappa shape index (κ1) is 14.8. The minimum atomic E-state index is -0.441. The molecule has 0 unspecified atom stereocenters. The standard InChI is InChI=1S/C15H14N6O2/c1-10-2-7-13(21(22)23)8-14(10)20-15(17-18-19-20)12-5-3-11(9-16)4-6-12/h2-8H,9,16H2,1H3. The molecule has 0 saturated carbocycles. The summed E-state index contributed by atoms with van der Waals surface area (Å²) in [6.07, 6.45) is 0. The van der Waals surface area contributed by atoms with Gasteiger partial charge in [-0.25, -0.2) is 0 Å². The molecule has 0 aliphatic heterocycles. The predicted molar refractivity (Wildman–Crippen MR) is 83.9 cm³/mol. The molecule has 3 rings (SSSR count). The predicted octanol–water partition coefficient (Wildman–Crippen LogP) is 2.00. The molecule has 1 aromatic heterocycles. The van der Waals surface area contributed by atoms with E-state index < -0.39 is 4.92 Å². The molecule has 116 valence electrons. The van der Waals surface area contributed by atoms with Crippen LogP contribution >= 0.6 is 0 Å². The Bertz CT molecular complexity index is 857. The van der Waals surface area contributed by atoms with E-state index in [4.69, 9.17) is 5.73 Å². The quantitative estimate of drug-likeness (QED) is 0.582. The minimum Gasteiger partial charge on any atom is -0.326 e. The molecular formula is C15H14N6O2. The second kappa shape index (κ2) is 5.93. The van der Waals surface area contributed by atoms with Crippen molar-refractivity contribution in [2.75, 3.05) is 0 Å². The molecule has 0 atom stereocenters. The molecule has 0 radical (unpaired) electrons. The normalized spacial score (nSPS) is 10.7. The van der Waals surface area contributed by atoms with Crippen LogP contribution in [0.1, 0.15) is 11.1 Å². The summed E-state index contributed by atoms with van der Waals surface area (Å²) in [5.41, 5.74) is 8.80. The zero-order chi connectivity index (χ0) is 16.4. The van der Waals surface area contributed by atoms with Gasteiger partial charge in [0.2, 0.25) is 0 Å². The molecule has 0 bridgehead atoms. The average molecular weight is 310 g/mol. The Hall–Kier alpha value is -3.13. The number of tetrazole rings is 1. The van der Waals surface area contributed by atoms with Gasteiger partial charge < -0.3 is 5.73 Å². The van der Waals surface area contributed by atoms with E-state index in [0.717, 1.165) is 16.7 Å². The van der Waals surface area contributed by atoms with E-state index in [2.05, 4.69) is 15.5 Å². The van der Waals surface area contributed by atoms with E-state index in [9.17, 15) is 10.1 Å². The van der Waals surface area contributed by atoms with Gasteiger partial charge in [0.1, 0.15) is 0 Å². The van der Waals surface area contributed by atoms with Crippen molar-refractivity contribution in [2.45, 2.75) is 13.5 Å². The zero-order valence-electron chi connectivity index (χ0n) is 12.4. The third-order valence-electron chi connectivity index (χ3n) is 3.55. The number of rotatable bonds is 4. The Labute approximate surface area is 131 Å². The smallest absolute Gasteiger partial charge is 0.271 e. The molecule has 8 nitrogen and oxygen atoms in total. The number of non-ortho nitro benzene ring substituents is 1. The van der Waals surface area contributed by atoms with E-state index in [-0.39, 0.29) is 5.69 Å². The second-order valence-electron chi connectivity index (χ2n) is 5.04. The lowest BCUT2D eigenvalue weighted by Crippen LogP contribution is -2.03. The van der Waals surface area contributed by atoms with Crippen LogP contribution in [0.4, 0.5) is 5.69 Å². The highest BCUT2D eigenvalue weighted by Gasteiger charge is 2.16. The van der Waals surface area contributed by atoms with Crippen LogP contribution in [0.3, 0.4) is 0 Å². The third-order valence-corrected chi connectivity index (χ3v) is 3.55. The second-order valence-corrected chi connectivity index (χ2v) is 5.04. The summed E-state index contributed by atoms with van der Waals surface area (Å²) in [5, 5.41) is 22.7. The summed E-state index contributed by atoms with van der Waals surface area (Å²) >= 11 is 0. The van der Waals surface area contributed by atoms with E-state index >= 15 is 0 Å². The number of hydrogen-bond donors (Lipinski definition) is 1. The van der Waals surface area contributed by atoms with E-state index in [1.165, 1.54) is 16.8 Å². The summed E-state index contributed by atoms with van der Waals surface area (Å²) in [6.45, 7) is 2.30. The average Bonchev–Trinajstić information content (AvgIpc) is 3.04. The van der Waals surface area contributed by atoms with Crippen LogP contribution in [-0.4, -0.2) is 25.1 Å². The van der Waals surface area contributed by atoms with Crippen LogP contribution < -0.4 is 5.73 Å². The lowest BCUT2D eigenvalue weighted by Gasteiger charge is -2.08. The van der Waals surface area contributed by atoms with Crippen molar-refractivity contribution in [1.29, 1.82) is 0 Å². The van der Waals surface area contributed by atoms with E-state index in [0.29, 0.717) is 18.1 Å². The number of benzene rings is 2. The fourth-order valence-electron chi connectivity index (χ4n) is 2.26. The topological polar surface area (TPSA) is 113 Å². The summed E-state index contributed by atoms with van der Waals surface area (Å²) in [5.74, 6) is 0.511. The van der Waals surface area contributed by atoms with Gasteiger partial charge in [0, 0.05) is 24.2 Å². The van der Waals surface area contributed by atoms with Gasteiger partial charge in [0.25, 0.3) is 5.69 Å². The largest absolute Gasteiger partial charge is 0.326 e. The van der Waals surface area contributed by atoms with Crippen molar-refractivity contribution in [3.8, 4) is 17.1 Å². The molecule has 2 N–H and O–H groups in total. The number of nitro groups is 1. The van der Waals surface area contributed by atoms with Crippen LogP contribution in [0, 0.1) is 17.0 Å². The maximum Gasteiger partial charge on any atom is 0.271 e. The van der Waals surface area contributed by atoms with Gasteiger partial charge in [-0.05, 0) is 28.5 Å². The summed E-state index contributed by atoms with van der Waals surface area (Å²) < 4.78 is 1.50. The first-order valence-corrected chi connectivity index (χ1v) is 6.93. The Balaban J connectivity index is 2.10. The first-order chi connectivity index (χ1) is 11.1. The highest BCUT2D eigenvalue weighted by Crippen LogP contribution is 2.25. The summed E-state index contributed by atoms with van der Waals surface area (Å²) in [6, 6.07) is 12.1. The third kappa shape index (κ3) is 2.79. The first-order valence-electron chi connectivity index (χ1n) is 6.93. The van der Waals surface area contributed by atoms with Crippen molar-refractivity contribution in [1.82, 2.24) is 20.2 Å². The van der Waals surface area contributed by atoms with Crippen molar-refractivity contribution in [3.05, 3.63) is 63.7 Å². The van der Waals surface area contributed by atoms with E-state index in [1.54, 1.807) is 6.07 Å². The van der Waals surface area contributed by atoms with Crippen LogP contribution in [0.2, 0.25) is 0 Å². The molecular weight excluding hydrogens is 296 g/mol. The maximum atomic E-state index is 11.0. The number of aromatic nitrogens is 4. The Morgan fingerprint density at radius 1 is 1.22 bits per heavy atom. The summed E-state index contributed by atoms with van der Waals surface area (Å²) in [4.78, 5) is 10.6. The lowest BCUT2D eigenvalue weighted by molar-refractivity contribution is -0.384. The minimum absolute atomic E-state index is 0.00877. The maximum absolute atomic E-state index is 11.0. The van der Waals surface area contributed by atoms with Gasteiger partial charge >= 0.3 is 0 Å². The Kier molecular flexibility index (Phi) is 3.82. The molecule has 0 fully saturated rings. The highest BCUT2D eigenvalue weighted by atomic mass is 16.6. The molecule has 0 amide bonds. The molecule has 23 heavy (non-hydrogen) atoms. The Morgan fingerprint density at radius 2 is 1.96 bits per heavy atom. The van der Waals surface area contributed by atoms with Gasteiger partial charge in [-0.2, -0.15) is 4.68 Å². The molecule has 0 aliphatic carbocycles. The van der Waals surface area contributed by atoms with Crippen LogP contribution in [0.25, 0.3) is 17.1 Å². The monoisotopic (exact) mass is 310 g/mol. The van der Waals surface area contributed by atoms with Gasteiger partial charge in [0.05, 0.1) is 10.6 Å². The zero-order valence-corrected chi connectivity index (χ0v) is 12.4. The number of aryl methyl sites for hydroxylation is 1.